The van der Waals surface area contributed by atoms with Gasteiger partial charge in [-0.25, -0.2) is 0 Å². The average Bonchev–Trinajstić information content (AvgIpc) is 2.52. The SMILES string of the molecule is COc1ccc(/C=C/C(=O)NCc2c(C)cc(C)[nH]c2=O)cc1. The fourth-order valence-electron chi connectivity index (χ4n) is 2.22. The summed E-state index contributed by atoms with van der Waals surface area (Å²) in [4.78, 5) is 26.5. The molecule has 5 heteroatoms. The molecule has 0 atom stereocenters. The summed E-state index contributed by atoms with van der Waals surface area (Å²) in [7, 11) is 1.60. The lowest BCUT2D eigenvalue weighted by Crippen LogP contribution is -2.26. The molecule has 1 aromatic carbocycles. The van der Waals surface area contributed by atoms with Crippen LogP contribution in [0.3, 0.4) is 0 Å². The summed E-state index contributed by atoms with van der Waals surface area (Å²) >= 11 is 0. The van der Waals surface area contributed by atoms with Crippen LogP contribution in [0.1, 0.15) is 22.4 Å². The Morgan fingerprint density at radius 2 is 1.96 bits per heavy atom. The number of pyridine rings is 1. The molecule has 2 rings (SSSR count). The van der Waals surface area contributed by atoms with Gasteiger partial charge in [-0.15, -0.1) is 0 Å². The molecule has 0 aliphatic heterocycles. The number of benzene rings is 1. The second-order valence-corrected chi connectivity index (χ2v) is 5.27. The van der Waals surface area contributed by atoms with Crippen LogP contribution >= 0.6 is 0 Å². The minimum atomic E-state index is -0.250. The molecular weight excluding hydrogens is 292 g/mol. The van der Waals surface area contributed by atoms with Crippen LogP contribution < -0.4 is 15.6 Å². The van der Waals surface area contributed by atoms with Crippen molar-refractivity contribution in [3.63, 3.8) is 0 Å². The molecule has 120 valence electrons. The number of hydrogen-bond donors (Lipinski definition) is 2. The number of methoxy groups -OCH3 is 1. The van der Waals surface area contributed by atoms with E-state index in [2.05, 4.69) is 10.3 Å². The first kappa shape index (κ1) is 16.5. The third kappa shape index (κ3) is 4.57. The molecule has 5 nitrogen and oxygen atoms in total. The number of rotatable bonds is 5. The fourth-order valence-corrected chi connectivity index (χ4v) is 2.22. The molecule has 0 unspecified atom stereocenters. The second kappa shape index (κ2) is 7.45. The Balaban J connectivity index is 1.97. The number of carbonyl (C=O) groups is 1. The molecule has 0 aliphatic rings. The van der Waals surface area contributed by atoms with E-state index in [0.717, 1.165) is 22.6 Å². The summed E-state index contributed by atoms with van der Waals surface area (Å²) in [5.41, 5.74) is 2.97. The van der Waals surface area contributed by atoms with Gasteiger partial charge in [-0.2, -0.15) is 0 Å². The van der Waals surface area contributed by atoms with Crippen molar-refractivity contribution >= 4 is 12.0 Å². The van der Waals surface area contributed by atoms with Gasteiger partial charge in [0.2, 0.25) is 5.91 Å². The molecule has 0 spiro atoms. The highest BCUT2D eigenvalue weighted by Gasteiger charge is 2.06. The largest absolute Gasteiger partial charge is 0.497 e. The van der Waals surface area contributed by atoms with Crippen molar-refractivity contribution in [2.45, 2.75) is 20.4 Å². The topological polar surface area (TPSA) is 71.2 Å². The first-order valence-electron chi connectivity index (χ1n) is 7.29. The van der Waals surface area contributed by atoms with Crippen LogP contribution in [-0.2, 0) is 11.3 Å². The van der Waals surface area contributed by atoms with E-state index in [-0.39, 0.29) is 18.0 Å². The highest BCUT2D eigenvalue weighted by molar-refractivity contribution is 5.91. The average molecular weight is 312 g/mol. The Bertz CT molecular complexity index is 774. The Labute approximate surface area is 135 Å². The maximum absolute atomic E-state index is 11.9. The number of aryl methyl sites for hydroxylation is 2. The number of hydrogen-bond acceptors (Lipinski definition) is 3. The van der Waals surface area contributed by atoms with E-state index in [9.17, 15) is 9.59 Å². The van der Waals surface area contributed by atoms with Crippen molar-refractivity contribution in [1.82, 2.24) is 10.3 Å². The molecule has 0 radical (unpaired) electrons. The first-order chi connectivity index (χ1) is 11.0. The fraction of sp³-hybridized carbons (Fsp3) is 0.222. The molecule has 2 N–H and O–H groups in total. The van der Waals surface area contributed by atoms with Crippen molar-refractivity contribution in [2.75, 3.05) is 7.11 Å². The molecule has 0 saturated carbocycles. The lowest BCUT2D eigenvalue weighted by Gasteiger charge is -2.06. The van der Waals surface area contributed by atoms with Crippen molar-refractivity contribution in [3.05, 3.63) is 69.1 Å². The van der Waals surface area contributed by atoms with Crippen molar-refractivity contribution in [2.24, 2.45) is 0 Å². The van der Waals surface area contributed by atoms with Crippen molar-refractivity contribution in [3.8, 4) is 5.75 Å². The molecular formula is C18H20N2O3. The van der Waals surface area contributed by atoms with Crippen LogP contribution in [0.5, 0.6) is 5.75 Å². The normalized spacial score (nSPS) is 10.7. The minimum absolute atomic E-state index is 0.165. The van der Waals surface area contributed by atoms with E-state index < -0.39 is 0 Å². The molecule has 0 fully saturated rings. The third-order valence-electron chi connectivity index (χ3n) is 3.48. The standard InChI is InChI=1S/C18H20N2O3/c1-12-10-13(2)20-18(22)16(12)11-19-17(21)9-6-14-4-7-15(23-3)8-5-14/h4-10H,11H2,1-3H3,(H,19,21)(H,20,22)/b9-6+. The number of aromatic nitrogens is 1. The summed E-state index contributed by atoms with van der Waals surface area (Å²) in [6.07, 6.45) is 3.15. The maximum Gasteiger partial charge on any atom is 0.253 e. The lowest BCUT2D eigenvalue weighted by molar-refractivity contribution is -0.116. The number of carbonyl (C=O) groups excluding carboxylic acids is 1. The Hall–Kier alpha value is -2.82. The summed E-state index contributed by atoms with van der Waals surface area (Å²) < 4.78 is 5.08. The summed E-state index contributed by atoms with van der Waals surface area (Å²) in [5.74, 6) is 0.515. The number of amides is 1. The summed E-state index contributed by atoms with van der Waals surface area (Å²) in [5, 5.41) is 2.72. The zero-order valence-corrected chi connectivity index (χ0v) is 13.5. The predicted molar refractivity (Wildman–Crippen MR) is 90.4 cm³/mol. The van der Waals surface area contributed by atoms with Gasteiger partial charge in [0, 0.05) is 23.9 Å². The zero-order valence-electron chi connectivity index (χ0n) is 13.5. The maximum atomic E-state index is 11.9. The van der Waals surface area contributed by atoms with Crippen LogP contribution in [0, 0.1) is 13.8 Å². The Kier molecular flexibility index (Phi) is 5.36. The molecule has 0 aliphatic carbocycles. The van der Waals surface area contributed by atoms with E-state index in [1.807, 2.05) is 44.2 Å². The second-order valence-electron chi connectivity index (χ2n) is 5.27. The number of aromatic amines is 1. The van der Waals surface area contributed by atoms with Gasteiger partial charge >= 0.3 is 0 Å². The van der Waals surface area contributed by atoms with E-state index in [4.69, 9.17) is 4.74 Å². The monoisotopic (exact) mass is 312 g/mol. The minimum Gasteiger partial charge on any atom is -0.497 e. The molecule has 1 aromatic heterocycles. The molecule has 1 amide bonds. The molecule has 23 heavy (non-hydrogen) atoms. The Morgan fingerprint density at radius 1 is 1.26 bits per heavy atom. The van der Waals surface area contributed by atoms with Crippen LogP contribution in [0.4, 0.5) is 0 Å². The van der Waals surface area contributed by atoms with Gasteiger partial charge in [-0.05, 0) is 49.2 Å². The van der Waals surface area contributed by atoms with Crippen LogP contribution in [-0.4, -0.2) is 18.0 Å². The zero-order chi connectivity index (χ0) is 16.8. The van der Waals surface area contributed by atoms with Gasteiger partial charge in [0.05, 0.1) is 7.11 Å². The van der Waals surface area contributed by atoms with E-state index in [0.29, 0.717) is 5.56 Å². The van der Waals surface area contributed by atoms with E-state index in [1.54, 1.807) is 13.2 Å². The van der Waals surface area contributed by atoms with Crippen LogP contribution in [0.2, 0.25) is 0 Å². The quantitative estimate of drug-likeness (QED) is 0.832. The summed E-state index contributed by atoms with van der Waals surface area (Å²) in [6.45, 7) is 3.89. The molecule has 0 bridgehead atoms. The molecule has 1 heterocycles. The predicted octanol–water partition coefficient (Wildman–Crippen LogP) is 2.33. The van der Waals surface area contributed by atoms with Gasteiger partial charge in [-0.3, -0.25) is 9.59 Å². The van der Waals surface area contributed by atoms with Gasteiger partial charge in [-0.1, -0.05) is 12.1 Å². The van der Waals surface area contributed by atoms with Gasteiger partial charge in [0.25, 0.3) is 5.56 Å². The number of nitrogens with one attached hydrogen (secondary N) is 2. The summed E-state index contributed by atoms with van der Waals surface area (Å²) in [6, 6.07) is 9.25. The highest BCUT2D eigenvalue weighted by atomic mass is 16.5. The number of H-pyrrole nitrogens is 1. The van der Waals surface area contributed by atoms with Gasteiger partial charge in [0.15, 0.2) is 0 Å². The van der Waals surface area contributed by atoms with Crippen molar-refractivity contribution < 1.29 is 9.53 Å². The molecule has 2 aromatic rings. The van der Waals surface area contributed by atoms with Crippen LogP contribution in [0.15, 0.2) is 41.2 Å². The van der Waals surface area contributed by atoms with Gasteiger partial charge < -0.3 is 15.0 Å². The highest BCUT2D eigenvalue weighted by Crippen LogP contribution is 2.12. The lowest BCUT2D eigenvalue weighted by atomic mass is 10.1. The Morgan fingerprint density at radius 3 is 2.57 bits per heavy atom. The van der Waals surface area contributed by atoms with E-state index >= 15 is 0 Å². The van der Waals surface area contributed by atoms with Crippen molar-refractivity contribution in [1.29, 1.82) is 0 Å². The number of ether oxygens (including phenoxy) is 1. The molecule has 0 saturated heterocycles. The van der Waals surface area contributed by atoms with Crippen LogP contribution in [0.25, 0.3) is 6.08 Å². The smallest absolute Gasteiger partial charge is 0.253 e. The van der Waals surface area contributed by atoms with Gasteiger partial charge in [0.1, 0.15) is 5.75 Å². The van der Waals surface area contributed by atoms with E-state index in [1.165, 1.54) is 6.08 Å². The third-order valence-corrected chi connectivity index (χ3v) is 3.48. The first-order valence-corrected chi connectivity index (χ1v) is 7.29.